The third-order valence-electron chi connectivity index (χ3n) is 3.20. The molecule has 3 nitrogen and oxygen atoms in total. The molecule has 5 heteroatoms. The first kappa shape index (κ1) is 16.9. The van der Waals surface area contributed by atoms with Crippen molar-refractivity contribution in [2.45, 2.75) is 52.5 Å². The lowest BCUT2D eigenvalue weighted by atomic mass is 10.1. The van der Waals surface area contributed by atoms with Gasteiger partial charge in [-0.15, -0.1) is 0 Å². The Morgan fingerprint density at radius 1 is 1.05 bits per heavy atom. The molecule has 0 heterocycles. The van der Waals surface area contributed by atoms with Gasteiger partial charge in [-0.05, 0) is 45.4 Å². The number of benzene rings is 1. The Morgan fingerprint density at radius 2 is 1.55 bits per heavy atom. The minimum Gasteiger partial charge on any atom is -0.435 e. The molecular formula is C15H23F2NO2. The Kier molecular flexibility index (Phi) is 6.36. The van der Waals surface area contributed by atoms with Crippen LogP contribution in [0.5, 0.6) is 5.75 Å². The van der Waals surface area contributed by atoms with Gasteiger partial charge in [0.1, 0.15) is 5.75 Å². The SMILES string of the molecule is CC(C)N(CC(O)c1ccc(OC(F)F)cc1)C(C)C. The Balaban J connectivity index is 2.69. The molecule has 0 saturated carbocycles. The van der Waals surface area contributed by atoms with Crippen LogP contribution in [-0.2, 0) is 0 Å². The van der Waals surface area contributed by atoms with E-state index in [1.807, 2.05) is 0 Å². The van der Waals surface area contributed by atoms with Crippen LogP contribution < -0.4 is 4.74 Å². The summed E-state index contributed by atoms with van der Waals surface area (Å²) in [6.45, 7) is 5.98. The normalized spacial score (nSPS) is 13.6. The third-order valence-corrected chi connectivity index (χ3v) is 3.20. The Morgan fingerprint density at radius 3 is 1.95 bits per heavy atom. The van der Waals surface area contributed by atoms with E-state index in [1.165, 1.54) is 12.1 Å². The number of halogens is 2. The van der Waals surface area contributed by atoms with Crippen molar-refractivity contribution in [2.75, 3.05) is 6.54 Å². The molecule has 1 rings (SSSR count). The van der Waals surface area contributed by atoms with Gasteiger partial charge in [0.15, 0.2) is 0 Å². The molecule has 114 valence electrons. The highest BCUT2D eigenvalue weighted by Gasteiger charge is 2.18. The maximum Gasteiger partial charge on any atom is 0.387 e. The number of nitrogens with zero attached hydrogens (tertiary/aromatic N) is 1. The molecule has 20 heavy (non-hydrogen) atoms. The molecule has 0 saturated heterocycles. The second kappa shape index (κ2) is 7.55. The fourth-order valence-corrected chi connectivity index (χ4v) is 2.19. The van der Waals surface area contributed by atoms with Gasteiger partial charge in [0.2, 0.25) is 0 Å². The van der Waals surface area contributed by atoms with E-state index in [2.05, 4.69) is 37.3 Å². The van der Waals surface area contributed by atoms with Crippen molar-refractivity contribution in [3.8, 4) is 5.75 Å². The van der Waals surface area contributed by atoms with Crippen LogP contribution in [0.4, 0.5) is 8.78 Å². The Bertz CT molecular complexity index is 385. The van der Waals surface area contributed by atoms with Crippen LogP contribution in [0.15, 0.2) is 24.3 Å². The van der Waals surface area contributed by atoms with Crippen molar-refractivity contribution in [3.63, 3.8) is 0 Å². The summed E-state index contributed by atoms with van der Waals surface area (Å²) in [6, 6.07) is 6.76. The smallest absolute Gasteiger partial charge is 0.387 e. The molecule has 1 aromatic rings. The lowest BCUT2D eigenvalue weighted by Gasteiger charge is -2.32. The summed E-state index contributed by atoms with van der Waals surface area (Å²) in [5.41, 5.74) is 0.693. The predicted molar refractivity (Wildman–Crippen MR) is 75.0 cm³/mol. The molecule has 1 N–H and O–H groups in total. The van der Waals surface area contributed by atoms with Gasteiger partial charge in [-0.3, -0.25) is 4.90 Å². The third kappa shape index (κ3) is 5.06. The first-order chi connectivity index (χ1) is 9.31. The second-order valence-corrected chi connectivity index (χ2v) is 5.35. The van der Waals surface area contributed by atoms with E-state index >= 15 is 0 Å². The molecule has 0 bridgehead atoms. The number of alkyl halides is 2. The quantitative estimate of drug-likeness (QED) is 0.834. The van der Waals surface area contributed by atoms with Crippen LogP contribution in [0, 0.1) is 0 Å². The maximum absolute atomic E-state index is 12.1. The zero-order chi connectivity index (χ0) is 15.3. The summed E-state index contributed by atoms with van der Waals surface area (Å²) in [6.07, 6.45) is -0.652. The number of rotatable bonds is 7. The average Bonchev–Trinajstić information content (AvgIpc) is 2.35. The van der Waals surface area contributed by atoms with Crippen molar-refractivity contribution in [3.05, 3.63) is 29.8 Å². The highest BCUT2D eigenvalue weighted by molar-refractivity contribution is 5.28. The van der Waals surface area contributed by atoms with Gasteiger partial charge in [-0.25, -0.2) is 0 Å². The van der Waals surface area contributed by atoms with E-state index in [-0.39, 0.29) is 5.75 Å². The minimum atomic E-state index is -2.83. The molecule has 0 amide bonds. The molecule has 0 aliphatic carbocycles. The molecule has 0 aliphatic rings. The number of hydrogen-bond acceptors (Lipinski definition) is 3. The van der Waals surface area contributed by atoms with E-state index in [0.29, 0.717) is 24.2 Å². The van der Waals surface area contributed by atoms with E-state index in [4.69, 9.17) is 0 Å². The van der Waals surface area contributed by atoms with Crippen LogP contribution >= 0.6 is 0 Å². The molecule has 0 aromatic heterocycles. The predicted octanol–water partition coefficient (Wildman–Crippen LogP) is 3.44. The van der Waals surface area contributed by atoms with Crippen LogP contribution in [0.25, 0.3) is 0 Å². The van der Waals surface area contributed by atoms with Gasteiger partial charge in [0.05, 0.1) is 6.10 Å². The molecule has 1 aromatic carbocycles. The first-order valence-electron chi connectivity index (χ1n) is 6.79. The minimum absolute atomic E-state index is 0.0977. The average molecular weight is 287 g/mol. The molecule has 0 fully saturated rings. The van der Waals surface area contributed by atoms with E-state index in [0.717, 1.165) is 0 Å². The summed E-state index contributed by atoms with van der Waals surface area (Å²) < 4.78 is 28.4. The Labute approximate surface area is 119 Å². The standard InChI is InChI=1S/C15H23F2NO2/c1-10(2)18(11(3)4)9-14(19)12-5-7-13(8-6-12)20-15(16)17/h5-8,10-11,14-15,19H,9H2,1-4H3. The Hall–Kier alpha value is -1.20. The summed E-state index contributed by atoms with van der Waals surface area (Å²) in [5.74, 6) is 0.0977. The van der Waals surface area contributed by atoms with Crippen molar-refractivity contribution in [2.24, 2.45) is 0 Å². The zero-order valence-corrected chi connectivity index (χ0v) is 12.4. The fraction of sp³-hybridized carbons (Fsp3) is 0.600. The van der Waals surface area contributed by atoms with E-state index in [9.17, 15) is 13.9 Å². The van der Waals surface area contributed by atoms with Gasteiger partial charge in [0.25, 0.3) is 0 Å². The van der Waals surface area contributed by atoms with Crippen molar-refractivity contribution in [1.29, 1.82) is 0 Å². The van der Waals surface area contributed by atoms with E-state index in [1.54, 1.807) is 12.1 Å². The molecule has 1 atom stereocenters. The second-order valence-electron chi connectivity index (χ2n) is 5.35. The molecular weight excluding hydrogens is 264 g/mol. The summed E-state index contributed by atoms with van der Waals surface area (Å²) in [4.78, 5) is 2.17. The fourth-order valence-electron chi connectivity index (χ4n) is 2.19. The van der Waals surface area contributed by atoms with Crippen LogP contribution in [-0.4, -0.2) is 35.2 Å². The van der Waals surface area contributed by atoms with Gasteiger partial charge in [-0.1, -0.05) is 12.1 Å². The summed E-state index contributed by atoms with van der Waals surface area (Å²) in [5, 5.41) is 10.2. The van der Waals surface area contributed by atoms with Crippen LogP contribution in [0.3, 0.4) is 0 Å². The van der Waals surface area contributed by atoms with Crippen molar-refractivity contribution < 1.29 is 18.6 Å². The first-order valence-corrected chi connectivity index (χ1v) is 6.79. The highest BCUT2D eigenvalue weighted by atomic mass is 19.3. The van der Waals surface area contributed by atoms with Crippen molar-refractivity contribution >= 4 is 0 Å². The topological polar surface area (TPSA) is 32.7 Å². The summed E-state index contributed by atoms with van der Waals surface area (Å²) >= 11 is 0. The molecule has 0 radical (unpaired) electrons. The molecule has 1 unspecified atom stereocenters. The maximum atomic E-state index is 12.1. The van der Waals surface area contributed by atoms with Gasteiger partial charge in [0, 0.05) is 18.6 Å². The van der Waals surface area contributed by atoms with E-state index < -0.39 is 12.7 Å². The summed E-state index contributed by atoms with van der Waals surface area (Å²) in [7, 11) is 0. The number of hydrogen-bond donors (Lipinski definition) is 1. The van der Waals surface area contributed by atoms with Gasteiger partial charge in [-0.2, -0.15) is 8.78 Å². The van der Waals surface area contributed by atoms with Gasteiger partial charge < -0.3 is 9.84 Å². The van der Waals surface area contributed by atoms with Crippen LogP contribution in [0.1, 0.15) is 39.4 Å². The van der Waals surface area contributed by atoms with Crippen LogP contribution in [0.2, 0.25) is 0 Å². The molecule has 0 aliphatic heterocycles. The molecule has 0 spiro atoms. The lowest BCUT2D eigenvalue weighted by molar-refractivity contribution is -0.0498. The number of aliphatic hydroxyl groups is 1. The van der Waals surface area contributed by atoms with Crippen molar-refractivity contribution in [1.82, 2.24) is 4.90 Å². The lowest BCUT2D eigenvalue weighted by Crippen LogP contribution is -2.39. The van der Waals surface area contributed by atoms with Gasteiger partial charge >= 0.3 is 6.61 Å². The zero-order valence-electron chi connectivity index (χ0n) is 12.4. The largest absolute Gasteiger partial charge is 0.435 e. The number of ether oxygens (including phenoxy) is 1. The monoisotopic (exact) mass is 287 g/mol. The number of aliphatic hydroxyl groups excluding tert-OH is 1. The highest BCUT2D eigenvalue weighted by Crippen LogP contribution is 2.21.